The van der Waals surface area contributed by atoms with Gasteiger partial charge in [-0.15, -0.1) is 0 Å². The zero-order chi connectivity index (χ0) is 12.1. The molecule has 0 aromatic carbocycles. The molecule has 0 N–H and O–H groups in total. The summed E-state index contributed by atoms with van der Waals surface area (Å²) in [4.78, 5) is 11.6. The largest absolute Gasteiger partial charge is 0.462 e. The van der Waals surface area contributed by atoms with E-state index in [1.54, 1.807) is 10.9 Å². The van der Waals surface area contributed by atoms with Crippen LogP contribution in [0.1, 0.15) is 36.5 Å². The molecule has 5 heteroatoms. The number of aromatic nitrogens is 2. The molecular weight excluding hydrogens is 220 g/mol. The molecule has 0 saturated carbocycles. The Morgan fingerprint density at radius 3 is 3.24 bits per heavy atom. The minimum Gasteiger partial charge on any atom is -0.462 e. The van der Waals surface area contributed by atoms with Gasteiger partial charge < -0.3 is 9.47 Å². The molecule has 1 aliphatic rings. The maximum Gasteiger partial charge on any atom is 0.341 e. The topological polar surface area (TPSA) is 53.4 Å². The third kappa shape index (κ3) is 3.30. The van der Waals surface area contributed by atoms with Crippen LogP contribution in [0, 0.1) is 0 Å². The van der Waals surface area contributed by atoms with E-state index < -0.39 is 0 Å². The first-order valence-electron chi connectivity index (χ1n) is 6.10. The number of hydrogen-bond donors (Lipinski definition) is 0. The molecule has 0 bridgehead atoms. The Hall–Kier alpha value is -1.36. The van der Waals surface area contributed by atoms with E-state index in [2.05, 4.69) is 5.10 Å². The lowest BCUT2D eigenvalue weighted by molar-refractivity contribution is 0.0386. The summed E-state index contributed by atoms with van der Waals surface area (Å²) in [5.74, 6) is -0.303. The molecule has 17 heavy (non-hydrogen) atoms. The Morgan fingerprint density at radius 1 is 1.71 bits per heavy atom. The number of carbonyl (C=O) groups excluding carboxylic acids is 1. The average molecular weight is 238 g/mol. The molecule has 5 nitrogen and oxygen atoms in total. The lowest BCUT2D eigenvalue weighted by Gasteiger charge is -2.08. The summed E-state index contributed by atoms with van der Waals surface area (Å²) in [5.41, 5.74) is 0.513. The highest BCUT2D eigenvalue weighted by Crippen LogP contribution is 2.15. The highest BCUT2D eigenvalue weighted by atomic mass is 16.5. The van der Waals surface area contributed by atoms with Crippen molar-refractivity contribution in [2.75, 3.05) is 13.2 Å². The molecule has 1 aromatic heterocycles. The minimum atomic E-state index is -0.303. The van der Waals surface area contributed by atoms with Crippen molar-refractivity contribution < 1.29 is 14.3 Å². The molecule has 1 aromatic rings. The van der Waals surface area contributed by atoms with Crippen molar-refractivity contribution in [1.82, 2.24) is 9.78 Å². The Kier molecular flexibility index (Phi) is 4.14. The van der Waals surface area contributed by atoms with Crippen LogP contribution in [0.5, 0.6) is 0 Å². The second-order valence-corrected chi connectivity index (χ2v) is 4.14. The summed E-state index contributed by atoms with van der Waals surface area (Å²) in [6, 6.07) is 0. The van der Waals surface area contributed by atoms with Gasteiger partial charge in [0, 0.05) is 25.8 Å². The van der Waals surface area contributed by atoms with Crippen LogP contribution in [0.2, 0.25) is 0 Å². The van der Waals surface area contributed by atoms with Crippen LogP contribution < -0.4 is 0 Å². The molecule has 0 spiro atoms. The molecule has 0 amide bonds. The maximum atomic E-state index is 11.6. The average Bonchev–Trinajstić information content (AvgIpc) is 2.99. The number of aryl methyl sites for hydroxylation is 1. The molecule has 0 radical (unpaired) electrons. The quantitative estimate of drug-likeness (QED) is 0.732. The molecule has 1 saturated heterocycles. The van der Waals surface area contributed by atoms with E-state index in [0.29, 0.717) is 12.2 Å². The summed E-state index contributed by atoms with van der Waals surface area (Å²) in [6.45, 7) is 3.98. The number of nitrogens with zero attached hydrogens (tertiary/aromatic N) is 2. The van der Waals surface area contributed by atoms with Gasteiger partial charge in [0.25, 0.3) is 0 Å². The van der Waals surface area contributed by atoms with Gasteiger partial charge in [0.15, 0.2) is 0 Å². The number of rotatable bonds is 5. The van der Waals surface area contributed by atoms with Gasteiger partial charge >= 0.3 is 5.97 Å². The summed E-state index contributed by atoms with van der Waals surface area (Å²) in [5, 5.41) is 4.03. The monoisotopic (exact) mass is 238 g/mol. The predicted molar refractivity (Wildman–Crippen MR) is 61.8 cm³/mol. The highest BCUT2D eigenvalue weighted by molar-refractivity contribution is 5.88. The van der Waals surface area contributed by atoms with Crippen LogP contribution in [-0.4, -0.2) is 35.1 Å². The van der Waals surface area contributed by atoms with Crippen molar-refractivity contribution >= 4 is 5.97 Å². The second kappa shape index (κ2) is 5.82. The second-order valence-electron chi connectivity index (χ2n) is 4.14. The van der Waals surface area contributed by atoms with Gasteiger partial charge in [-0.3, -0.25) is 4.68 Å². The number of hydrogen-bond acceptors (Lipinski definition) is 4. The van der Waals surface area contributed by atoms with Crippen LogP contribution in [0.25, 0.3) is 0 Å². The summed E-state index contributed by atoms with van der Waals surface area (Å²) < 4.78 is 12.3. The Morgan fingerprint density at radius 2 is 2.59 bits per heavy atom. The Labute approximate surface area is 101 Å². The van der Waals surface area contributed by atoms with E-state index in [1.165, 1.54) is 6.20 Å². The van der Waals surface area contributed by atoms with Crippen molar-refractivity contribution in [3.8, 4) is 0 Å². The van der Waals surface area contributed by atoms with E-state index in [0.717, 1.165) is 32.4 Å². The van der Waals surface area contributed by atoms with Gasteiger partial charge in [-0.1, -0.05) is 0 Å². The summed E-state index contributed by atoms with van der Waals surface area (Å²) >= 11 is 0. The predicted octanol–water partition coefficient (Wildman–Crippen LogP) is 1.63. The number of ether oxygens (including phenoxy) is 2. The maximum absolute atomic E-state index is 11.6. The van der Waals surface area contributed by atoms with Crippen molar-refractivity contribution in [2.24, 2.45) is 0 Å². The third-order valence-corrected chi connectivity index (χ3v) is 2.89. The summed E-state index contributed by atoms with van der Waals surface area (Å²) in [6.07, 6.45) is 6.48. The molecule has 94 valence electrons. The first-order chi connectivity index (χ1) is 8.29. The highest BCUT2D eigenvalue weighted by Gasteiger charge is 2.16. The standard InChI is InChI=1S/C12H18N2O3/c1-2-14-9-10(8-13-14)12(15)17-7-5-11-4-3-6-16-11/h8-9,11H,2-7H2,1H3/t11-/m1/s1. The first kappa shape index (κ1) is 12.1. The fourth-order valence-corrected chi connectivity index (χ4v) is 1.88. The Balaban J connectivity index is 1.72. The first-order valence-corrected chi connectivity index (χ1v) is 6.10. The smallest absolute Gasteiger partial charge is 0.341 e. The van der Waals surface area contributed by atoms with Gasteiger partial charge in [0.05, 0.1) is 24.5 Å². The van der Waals surface area contributed by atoms with Crippen LogP contribution in [0.15, 0.2) is 12.4 Å². The molecule has 1 aliphatic heterocycles. The van der Waals surface area contributed by atoms with Crippen molar-refractivity contribution in [3.63, 3.8) is 0 Å². The summed E-state index contributed by atoms with van der Waals surface area (Å²) in [7, 11) is 0. The normalized spacial score (nSPS) is 19.5. The van der Waals surface area contributed by atoms with Crippen LogP contribution in [0.4, 0.5) is 0 Å². The van der Waals surface area contributed by atoms with E-state index in [4.69, 9.17) is 9.47 Å². The minimum absolute atomic E-state index is 0.265. The van der Waals surface area contributed by atoms with Gasteiger partial charge in [-0.25, -0.2) is 4.79 Å². The fraction of sp³-hybridized carbons (Fsp3) is 0.667. The lowest BCUT2D eigenvalue weighted by Crippen LogP contribution is -2.12. The van der Waals surface area contributed by atoms with Crippen molar-refractivity contribution in [1.29, 1.82) is 0 Å². The molecule has 1 fully saturated rings. The van der Waals surface area contributed by atoms with Gasteiger partial charge in [-0.2, -0.15) is 5.10 Å². The van der Waals surface area contributed by atoms with Gasteiger partial charge in [-0.05, 0) is 19.8 Å². The van der Waals surface area contributed by atoms with E-state index in [-0.39, 0.29) is 12.1 Å². The van der Waals surface area contributed by atoms with Crippen molar-refractivity contribution in [2.45, 2.75) is 38.8 Å². The Bertz CT molecular complexity index is 370. The lowest BCUT2D eigenvalue weighted by atomic mass is 10.2. The molecule has 0 aliphatic carbocycles. The number of esters is 1. The van der Waals surface area contributed by atoms with Crippen LogP contribution >= 0.6 is 0 Å². The molecule has 2 rings (SSSR count). The van der Waals surface area contributed by atoms with Crippen LogP contribution in [0.3, 0.4) is 0 Å². The third-order valence-electron chi connectivity index (χ3n) is 2.89. The van der Waals surface area contributed by atoms with Gasteiger partial charge in [0.2, 0.25) is 0 Å². The van der Waals surface area contributed by atoms with Crippen LogP contribution in [-0.2, 0) is 16.0 Å². The number of carbonyl (C=O) groups is 1. The zero-order valence-corrected chi connectivity index (χ0v) is 10.1. The van der Waals surface area contributed by atoms with E-state index in [1.807, 2.05) is 6.92 Å². The molecular formula is C12H18N2O3. The van der Waals surface area contributed by atoms with E-state index in [9.17, 15) is 4.79 Å². The molecule has 0 unspecified atom stereocenters. The molecule has 2 heterocycles. The van der Waals surface area contributed by atoms with E-state index >= 15 is 0 Å². The van der Waals surface area contributed by atoms with Gasteiger partial charge in [0.1, 0.15) is 0 Å². The molecule has 1 atom stereocenters. The van der Waals surface area contributed by atoms with Crippen molar-refractivity contribution in [3.05, 3.63) is 18.0 Å². The zero-order valence-electron chi connectivity index (χ0n) is 10.1. The SMILES string of the molecule is CCn1cc(C(=O)OCC[C@H]2CCCO2)cn1. The fourth-order valence-electron chi connectivity index (χ4n) is 1.88.